The summed E-state index contributed by atoms with van der Waals surface area (Å²) in [5, 5.41) is 14.7. The first-order valence-electron chi connectivity index (χ1n) is 7.31. The minimum Gasteiger partial charge on any atom is -0.355 e. The van der Waals surface area contributed by atoms with Crippen molar-refractivity contribution in [2.24, 2.45) is 10.2 Å². The predicted octanol–water partition coefficient (Wildman–Crippen LogP) is 3.41. The Hall–Kier alpha value is -2.46. The van der Waals surface area contributed by atoms with Gasteiger partial charge in [0.2, 0.25) is 0 Å². The number of carbonyl (C=O) groups is 1. The molecule has 6 nitrogen and oxygen atoms in total. The largest absolute Gasteiger partial charge is 0.355 e. The van der Waals surface area contributed by atoms with Crippen LogP contribution in [0.25, 0.3) is 10.6 Å². The molecule has 0 saturated carbocycles. The maximum absolute atomic E-state index is 12.3. The van der Waals surface area contributed by atoms with Gasteiger partial charge >= 0.3 is 0 Å². The number of carbonyl (C=O) groups excluding carboxylic acids is 1. The van der Waals surface area contributed by atoms with Crippen molar-refractivity contribution in [3.8, 4) is 23.0 Å². The SMILES string of the molecule is C#CCCC1(CCNC(=O)c2cnoc2-c2ccc(C)s2)N=N1. The number of rotatable bonds is 7. The molecule has 2 aromatic heterocycles. The van der Waals surface area contributed by atoms with E-state index in [1.165, 1.54) is 6.20 Å². The average molecular weight is 328 g/mol. The van der Waals surface area contributed by atoms with Gasteiger partial charge in [0.05, 0.1) is 11.1 Å². The van der Waals surface area contributed by atoms with Crippen LogP contribution in [-0.2, 0) is 0 Å². The summed E-state index contributed by atoms with van der Waals surface area (Å²) < 4.78 is 5.24. The van der Waals surface area contributed by atoms with Crippen molar-refractivity contribution in [3.63, 3.8) is 0 Å². The summed E-state index contributed by atoms with van der Waals surface area (Å²) in [5.74, 6) is 2.88. The molecular formula is C16H16N4O2S. The van der Waals surface area contributed by atoms with Crippen molar-refractivity contribution >= 4 is 17.2 Å². The van der Waals surface area contributed by atoms with Crippen LogP contribution in [0.1, 0.15) is 34.5 Å². The zero-order chi connectivity index (χ0) is 16.3. The van der Waals surface area contributed by atoms with E-state index in [0.29, 0.717) is 30.7 Å². The van der Waals surface area contributed by atoms with Crippen LogP contribution in [0.4, 0.5) is 0 Å². The van der Waals surface area contributed by atoms with Crippen molar-refractivity contribution < 1.29 is 9.32 Å². The summed E-state index contributed by atoms with van der Waals surface area (Å²) in [7, 11) is 0. The third kappa shape index (κ3) is 3.48. The zero-order valence-electron chi connectivity index (χ0n) is 12.7. The van der Waals surface area contributed by atoms with Gasteiger partial charge in [0, 0.05) is 30.7 Å². The summed E-state index contributed by atoms with van der Waals surface area (Å²) in [6.07, 6.45) is 8.72. The number of hydrogen-bond donors (Lipinski definition) is 1. The van der Waals surface area contributed by atoms with E-state index in [4.69, 9.17) is 10.9 Å². The lowest BCUT2D eigenvalue weighted by atomic mass is 10.0. The smallest absolute Gasteiger partial charge is 0.256 e. The van der Waals surface area contributed by atoms with E-state index < -0.39 is 0 Å². The fourth-order valence-corrected chi connectivity index (χ4v) is 3.13. The van der Waals surface area contributed by atoms with E-state index in [1.54, 1.807) is 11.3 Å². The second kappa shape index (κ2) is 6.34. The summed E-state index contributed by atoms with van der Waals surface area (Å²) in [6, 6.07) is 3.91. The van der Waals surface area contributed by atoms with Crippen LogP contribution in [0.3, 0.4) is 0 Å². The number of hydrogen-bond acceptors (Lipinski definition) is 6. The molecule has 1 amide bonds. The molecule has 0 unspecified atom stereocenters. The van der Waals surface area contributed by atoms with E-state index >= 15 is 0 Å². The molecule has 0 atom stereocenters. The molecule has 0 radical (unpaired) electrons. The Balaban J connectivity index is 1.58. The van der Waals surface area contributed by atoms with Crippen LogP contribution in [0, 0.1) is 19.3 Å². The van der Waals surface area contributed by atoms with E-state index in [-0.39, 0.29) is 11.6 Å². The van der Waals surface area contributed by atoms with Gasteiger partial charge < -0.3 is 9.84 Å². The molecule has 1 aliphatic heterocycles. The summed E-state index contributed by atoms with van der Waals surface area (Å²) in [6.45, 7) is 2.48. The minimum absolute atomic E-state index is 0.208. The Morgan fingerprint density at radius 2 is 2.26 bits per heavy atom. The molecule has 2 aromatic rings. The Bertz CT molecular complexity index is 778. The van der Waals surface area contributed by atoms with Gasteiger partial charge in [-0.1, -0.05) is 5.16 Å². The number of thiophene rings is 1. The second-order valence-electron chi connectivity index (χ2n) is 5.37. The standard InChI is InChI=1S/C16H16N4O2S/c1-3-4-7-16(19-20-16)8-9-17-15(21)12-10-18-22-14(12)13-6-5-11(2)23-13/h1,5-6,10H,4,7-9H2,2H3,(H,17,21). The molecule has 0 spiro atoms. The van der Waals surface area contributed by atoms with Gasteiger partial charge in [0.15, 0.2) is 11.4 Å². The van der Waals surface area contributed by atoms with Crippen LogP contribution in [0.2, 0.25) is 0 Å². The highest BCUT2D eigenvalue weighted by molar-refractivity contribution is 7.15. The van der Waals surface area contributed by atoms with Gasteiger partial charge in [-0.3, -0.25) is 4.79 Å². The first-order chi connectivity index (χ1) is 11.1. The lowest BCUT2D eigenvalue weighted by molar-refractivity contribution is 0.0952. The maximum Gasteiger partial charge on any atom is 0.256 e. The number of aryl methyl sites for hydroxylation is 1. The van der Waals surface area contributed by atoms with Crippen LogP contribution in [0.15, 0.2) is 33.1 Å². The van der Waals surface area contributed by atoms with Crippen LogP contribution in [0.5, 0.6) is 0 Å². The number of nitrogens with one attached hydrogen (secondary N) is 1. The zero-order valence-corrected chi connectivity index (χ0v) is 13.5. The van der Waals surface area contributed by atoms with Gasteiger partial charge in [-0.2, -0.15) is 10.2 Å². The van der Waals surface area contributed by atoms with Crippen molar-refractivity contribution in [2.75, 3.05) is 6.54 Å². The van der Waals surface area contributed by atoms with Gasteiger partial charge in [-0.05, 0) is 19.1 Å². The van der Waals surface area contributed by atoms with E-state index in [0.717, 1.165) is 16.2 Å². The first kappa shape index (κ1) is 15.4. The van der Waals surface area contributed by atoms with Crippen LogP contribution in [-0.4, -0.2) is 23.3 Å². The van der Waals surface area contributed by atoms with Crippen molar-refractivity contribution in [2.45, 2.75) is 31.8 Å². The summed E-state index contributed by atoms with van der Waals surface area (Å²) in [4.78, 5) is 14.4. The molecule has 0 aliphatic carbocycles. The third-order valence-electron chi connectivity index (χ3n) is 3.64. The normalized spacial score (nSPS) is 14.4. The number of nitrogens with zero attached hydrogens (tertiary/aromatic N) is 3. The monoisotopic (exact) mass is 328 g/mol. The van der Waals surface area contributed by atoms with Crippen molar-refractivity contribution in [3.05, 3.63) is 28.8 Å². The molecule has 118 valence electrons. The van der Waals surface area contributed by atoms with Crippen molar-refractivity contribution in [1.29, 1.82) is 0 Å². The number of aromatic nitrogens is 1. The maximum atomic E-state index is 12.3. The molecule has 3 rings (SSSR count). The third-order valence-corrected chi connectivity index (χ3v) is 4.64. The Kier molecular flexibility index (Phi) is 4.26. The fraction of sp³-hybridized carbons (Fsp3) is 0.375. The van der Waals surface area contributed by atoms with Gasteiger partial charge in [0.25, 0.3) is 5.91 Å². The highest BCUT2D eigenvalue weighted by Crippen LogP contribution is 2.36. The highest BCUT2D eigenvalue weighted by Gasteiger charge is 2.38. The Labute approximate surface area is 138 Å². The molecule has 23 heavy (non-hydrogen) atoms. The van der Waals surface area contributed by atoms with Crippen LogP contribution >= 0.6 is 11.3 Å². The second-order valence-corrected chi connectivity index (χ2v) is 6.66. The lowest BCUT2D eigenvalue weighted by Gasteiger charge is -2.09. The molecule has 0 fully saturated rings. The molecule has 1 aliphatic rings. The van der Waals surface area contributed by atoms with Gasteiger partial charge in [-0.15, -0.1) is 23.7 Å². The minimum atomic E-state index is -0.387. The lowest BCUT2D eigenvalue weighted by Crippen LogP contribution is -2.28. The molecular weight excluding hydrogens is 312 g/mol. The van der Waals surface area contributed by atoms with E-state index in [9.17, 15) is 4.79 Å². The Morgan fingerprint density at radius 3 is 2.91 bits per heavy atom. The number of terminal acetylenes is 1. The summed E-state index contributed by atoms with van der Waals surface area (Å²) >= 11 is 1.56. The Morgan fingerprint density at radius 1 is 1.43 bits per heavy atom. The average Bonchev–Trinajstić information content (AvgIpc) is 2.95. The van der Waals surface area contributed by atoms with Crippen molar-refractivity contribution in [1.82, 2.24) is 10.5 Å². The first-order valence-corrected chi connectivity index (χ1v) is 8.12. The fourth-order valence-electron chi connectivity index (χ4n) is 2.28. The topological polar surface area (TPSA) is 79.9 Å². The molecule has 0 bridgehead atoms. The highest BCUT2D eigenvalue weighted by atomic mass is 32.1. The van der Waals surface area contributed by atoms with Gasteiger partial charge in [-0.25, -0.2) is 0 Å². The molecule has 0 aromatic carbocycles. The van der Waals surface area contributed by atoms with Gasteiger partial charge in [0.1, 0.15) is 5.56 Å². The van der Waals surface area contributed by atoms with E-state index in [1.807, 2.05) is 19.1 Å². The van der Waals surface area contributed by atoms with E-state index in [2.05, 4.69) is 26.6 Å². The molecule has 3 heterocycles. The molecule has 1 N–H and O–H groups in total. The summed E-state index contributed by atoms with van der Waals surface area (Å²) in [5.41, 5.74) is 0.0522. The quantitative estimate of drug-likeness (QED) is 0.791. The predicted molar refractivity (Wildman–Crippen MR) is 87.2 cm³/mol. The number of amides is 1. The van der Waals surface area contributed by atoms with Crippen LogP contribution < -0.4 is 5.32 Å². The molecule has 0 saturated heterocycles. The molecule has 7 heteroatoms.